The Hall–Kier alpha value is -2.46. The summed E-state index contributed by atoms with van der Waals surface area (Å²) in [6.07, 6.45) is 6.70. The molecule has 122 valence electrons. The number of fused-ring (bicyclic) bond motifs is 3. The average Bonchev–Trinajstić information content (AvgIpc) is 2.88. The number of allylic oxidation sites excluding steroid dienone is 1. The Balaban J connectivity index is 1.92. The van der Waals surface area contributed by atoms with Crippen molar-refractivity contribution >= 4 is 22.7 Å². The second-order valence-electron chi connectivity index (χ2n) is 6.71. The molecule has 0 amide bonds. The van der Waals surface area contributed by atoms with Crippen LogP contribution in [0.1, 0.15) is 29.4 Å². The molecule has 3 heterocycles. The van der Waals surface area contributed by atoms with Crippen LogP contribution in [0.2, 0.25) is 0 Å². The van der Waals surface area contributed by atoms with Crippen LogP contribution in [0.15, 0.2) is 36.8 Å². The molecule has 1 aromatic carbocycles. The van der Waals surface area contributed by atoms with Gasteiger partial charge in [0.25, 0.3) is 0 Å². The number of hydrogen-bond donors (Lipinski definition) is 0. The Morgan fingerprint density at radius 2 is 2.12 bits per heavy atom. The topological polar surface area (TPSA) is 34.0 Å². The summed E-state index contributed by atoms with van der Waals surface area (Å²) < 4.78 is 2.37. The standard InChI is InChI=1S/C20H22N4/c1-14-4-5-19-16(10-14)17-12-23(3)9-7-20(17)24(19)11-15(2)18-6-8-21-13-22-18/h4-6,8,10-11,13H,7,9,12H2,1-3H3/b15-11-. The normalized spacial score (nSPS) is 15.7. The molecule has 3 aromatic rings. The van der Waals surface area contributed by atoms with E-state index in [1.807, 2.05) is 6.07 Å². The number of aryl methyl sites for hydroxylation is 1. The Morgan fingerprint density at radius 1 is 1.25 bits per heavy atom. The zero-order valence-electron chi connectivity index (χ0n) is 14.5. The minimum atomic E-state index is 0.973. The van der Waals surface area contributed by atoms with Gasteiger partial charge in [0.05, 0.1) is 11.2 Å². The lowest BCUT2D eigenvalue weighted by Crippen LogP contribution is -2.26. The molecular formula is C20H22N4. The van der Waals surface area contributed by atoms with Gasteiger partial charge >= 0.3 is 0 Å². The highest BCUT2D eigenvalue weighted by molar-refractivity contribution is 5.90. The fraction of sp³-hybridized carbons (Fsp3) is 0.300. The summed E-state index contributed by atoms with van der Waals surface area (Å²) in [5, 5.41) is 1.38. The maximum absolute atomic E-state index is 4.38. The van der Waals surface area contributed by atoms with Gasteiger partial charge in [0.1, 0.15) is 6.33 Å². The molecule has 2 aromatic heterocycles. The van der Waals surface area contributed by atoms with Gasteiger partial charge in [-0.3, -0.25) is 0 Å². The van der Waals surface area contributed by atoms with Gasteiger partial charge in [0, 0.05) is 43.0 Å². The van der Waals surface area contributed by atoms with E-state index >= 15 is 0 Å². The molecule has 4 nitrogen and oxygen atoms in total. The van der Waals surface area contributed by atoms with Crippen molar-refractivity contribution in [3.05, 3.63) is 59.3 Å². The lowest BCUT2D eigenvalue weighted by molar-refractivity contribution is 0.312. The molecule has 0 radical (unpaired) electrons. The lowest BCUT2D eigenvalue weighted by Gasteiger charge is -2.23. The quantitative estimate of drug-likeness (QED) is 0.722. The van der Waals surface area contributed by atoms with Crippen LogP contribution in [-0.2, 0) is 13.0 Å². The molecule has 0 aliphatic carbocycles. The molecule has 0 N–H and O–H groups in total. The first-order chi connectivity index (χ1) is 11.6. The van der Waals surface area contributed by atoms with Crippen molar-refractivity contribution in [1.82, 2.24) is 19.4 Å². The maximum atomic E-state index is 4.38. The van der Waals surface area contributed by atoms with Gasteiger partial charge in [0.15, 0.2) is 0 Å². The lowest BCUT2D eigenvalue weighted by atomic mass is 10.0. The van der Waals surface area contributed by atoms with Crippen LogP contribution < -0.4 is 0 Å². The number of nitrogens with zero attached hydrogens (tertiary/aromatic N) is 4. The zero-order valence-corrected chi connectivity index (χ0v) is 14.5. The third-order valence-electron chi connectivity index (χ3n) is 4.84. The Kier molecular flexibility index (Phi) is 3.69. The highest BCUT2D eigenvalue weighted by Crippen LogP contribution is 2.32. The van der Waals surface area contributed by atoms with Crippen molar-refractivity contribution in [2.75, 3.05) is 13.6 Å². The van der Waals surface area contributed by atoms with Crippen LogP contribution in [0.25, 0.3) is 22.7 Å². The molecule has 4 heteroatoms. The molecule has 1 aliphatic rings. The van der Waals surface area contributed by atoms with Gasteiger partial charge in [-0.05, 0) is 50.2 Å². The van der Waals surface area contributed by atoms with E-state index in [0.29, 0.717) is 0 Å². The summed E-state index contributed by atoms with van der Waals surface area (Å²) >= 11 is 0. The van der Waals surface area contributed by atoms with Crippen LogP contribution >= 0.6 is 0 Å². The molecule has 0 saturated heterocycles. The van der Waals surface area contributed by atoms with Crippen molar-refractivity contribution < 1.29 is 0 Å². The third-order valence-corrected chi connectivity index (χ3v) is 4.84. The molecule has 0 fully saturated rings. The summed E-state index contributed by atoms with van der Waals surface area (Å²) in [4.78, 5) is 10.8. The molecule has 24 heavy (non-hydrogen) atoms. The van der Waals surface area contributed by atoms with E-state index in [9.17, 15) is 0 Å². The molecule has 0 saturated carbocycles. The van der Waals surface area contributed by atoms with Gasteiger partial charge < -0.3 is 9.47 Å². The largest absolute Gasteiger partial charge is 0.320 e. The predicted molar refractivity (Wildman–Crippen MR) is 98.6 cm³/mol. The minimum Gasteiger partial charge on any atom is -0.320 e. The molecule has 0 bridgehead atoms. The molecule has 0 atom stereocenters. The number of hydrogen-bond acceptors (Lipinski definition) is 3. The van der Waals surface area contributed by atoms with Gasteiger partial charge in [-0.15, -0.1) is 0 Å². The summed E-state index contributed by atoms with van der Waals surface area (Å²) in [7, 11) is 2.20. The van der Waals surface area contributed by atoms with Gasteiger partial charge in [-0.25, -0.2) is 9.97 Å². The van der Waals surface area contributed by atoms with Crippen molar-refractivity contribution in [2.24, 2.45) is 0 Å². The third kappa shape index (κ3) is 2.53. The average molecular weight is 318 g/mol. The van der Waals surface area contributed by atoms with Gasteiger partial charge in [0.2, 0.25) is 0 Å². The summed E-state index contributed by atoms with van der Waals surface area (Å²) in [5.41, 5.74) is 7.62. The highest BCUT2D eigenvalue weighted by atomic mass is 15.1. The first-order valence-electron chi connectivity index (χ1n) is 8.39. The van der Waals surface area contributed by atoms with Crippen molar-refractivity contribution in [2.45, 2.75) is 26.8 Å². The van der Waals surface area contributed by atoms with Gasteiger partial charge in [-0.2, -0.15) is 0 Å². The van der Waals surface area contributed by atoms with Crippen molar-refractivity contribution in [3.63, 3.8) is 0 Å². The Labute approximate surface area is 142 Å². The van der Waals surface area contributed by atoms with E-state index < -0.39 is 0 Å². The zero-order chi connectivity index (χ0) is 16.7. The molecule has 0 unspecified atom stereocenters. The SMILES string of the molecule is C/C(=C/n1c2c(c3cc(C)ccc31)CN(C)CC2)c1ccncn1. The molecule has 4 rings (SSSR count). The van der Waals surface area contributed by atoms with E-state index in [-0.39, 0.29) is 0 Å². The Morgan fingerprint density at radius 3 is 2.92 bits per heavy atom. The summed E-state index contributed by atoms with van der Waals surface area (Å²) in [6, 6.07) is 8.72. The molecular weight excluding hydrogens is 296 g/mol. The molecule has 1 aliphatic heterocycles. The first-order valence-corrected chi connectivity index (χ1v) is 8.39. The van der Waals surface area contributed by atoms with Crippen molar-refractivity contribution in [1.29, 1.82) is 0 Å². The Bertz CT molecular complexity index is 922. The van der Waals surface area contributed by atoms with Crippen molar-refractivity contribution in [3.8, 4) is 0 Å². The number of rotatable bonds is 2. The second kappa shape index (κ2) is 5.87. The van der Waals surface area contributed by atoms with E-state index in [1.54, 1.807) is 12.5 Å². The van der Waals surface area contributed by atoms with Crippen LogP contribution in [-0.4, -0.2) is 33.0 Å². The van der Waals surface area contributed by atoms with Crippen LogP contribution in [0.5, 0.6) is 0 Å². The van der Waals surface area contributed by atoms with E-state index in [4.69, 9.17) is 0 Å². The summed E-state index contributed by atoms with van der Waals surface area (Å²) in [6.45, 7) is 6.40. The number of benzene rings is 1. The van der Waals surface area contributed by atoms with Crippen LogP contribution in [0.4, 0.5) is 0 Å². The summed E-state index contributed by atoms with van der Waals surface area (Å²) in [5.74, 6) is 0. The molecule has 0 spiro atoms. The van der Waals surface area contributed by atoms with Gasteiger partial charge in [-0.1, -0.05) is 11.6 Å². The van der Waals surface area contributed by atoms with E-state index in [1.165, 1.54) is 27.7 Å². The number of likely N-dealkylation sites (N-methyl/N-ethyl adjacent to an activating group) is 1. The van der Waals surface area contributed by atoms with E-state index in [2.05, 4.69) is 64.7 Å². The van der Waals surface area contributed by atoms with Crippen LogP contribution in [0.3, 0.4) is 0 Å². The fourth-order valence-electron chi connectivity index (χ4n) is 3.57. The monoisotopic (exact) mass is 318 g/mol. The van der Waals surface area contributed by atoms with E-state index in [0.717, 1.165) is 30.8 Å². The first kappa shape index (κ1) is 15.1. The minimum absolute atomic E-state index is 0.973. The fourth-order valence-corrected chi connectivity index (χ4v) is 3.57. The maximum Gasteiger partial charge on any atom is 0.116 e. The predicted octanol–water partition coefficient (Wildman–Crippen LogP) is 3.75. The smallest absolute Gasteiger partial charge is 0.116 e. The second-order valence-corrected chi connectivity index (χ2v) is 6.71. The number of aromatic nitrogens is 3. The highest BCUT2D eigenvalue weighted by Gasteiger charge is 2.21. The van der Waals surface area contributed by atoms with Crippen LogP contribution in [0, 0.1) is 6.92 Å².